The molecular formula is C21H18AlO6. The monoisotopic (exact) mass is 393 g/mol. The van der Waals surface area contributed by atoms with Crippen molar-refractivity contribution < 1.29 is 29.7 Å². The number of carboxylic acid groups (broad SMARTS) is 3. The molecule has 0 aliphatic rings. The van der Waals surface area contributed by atoms with E-state index in [-0.39, 0.29) is 17.4 Å². The second-order valence-corrected chi connectivity index (χ2v) is 5.01. The molecule has 0 heterocycles. The smallest absolute Gasteiger partial charge is 0.335 e. The molecule has 0 aromatic heterocycles. The lowest BCUT2D eigenvalue weighted by molar-refractivity contribution is 0.0686. The first-order chi connectivity index (χ1) is 12.9. The fourth-order valence-electron chi connectivity index (χ4n) is 1.74. The summed E-state index contributed by atoms with van der Waals surface area (Å²) in [6.45, 7) is 0. The Balaban J connectivity index is 0.000000384. The van der Waals surface area contributed by atoms with Crippen LogP contribution in [0.4, 0.5) is 0 Å². The van der Waals surface area contributed by atoms with Gasteiger partial charge in [0.1, 0.15) is 0 Å². The van der Waals surface area contributed by atoms with Crippen LogP contribution in [0.15, 0.2) is 91.0 Å². The third-order valence-electron chi connectivity index (χ3n) is 3.06. The van der Waals surface area contributed by atoms with Gasteiger partial charge in [0.15, 0.2) is 0 Å². The lowest BCUT2D eigenvalue weighted by Crippen LogP contribution is -1.93. The molecule has 0 aliphatic carbocycles. The summed E-state index contributed by atoms with van der Waals surface area (Å²) >= 11 is 0. The topological polar surface area (TPSA) is 112 Å². The third kappa shape index (κ3) is 9.92. The molecule has 0 unspecified atom stereocenters. The summed E-state index contributed by atoms with van der Waals surface area (Å²) < 4.78 is 0. The zero-order valence-electron chi connectivity index (χ0n) is 14.8. The van der Waals surface area contributed by atoms with Crippen LogP contribution in [0.1, 0.15) is 31.1 Å². The average Bonchev–Trinajstić information content (AvgIpc) is 2.71. The van der Waals surface area contributed by atoms with Gasteiger partial charge in [-0.05, 0) is 36.4 Å². The van der Waals surface area contributed by atoms with E-state index in [4.69, 9.17) is 15.3 Å². The molecule has 6 nitrogen and oxygen atoms in total. The minimum atomic E-state index is -0.879. The van der Waals surface area contributed by atoms with E-state index in [9.17, 15) is 14.4 Å². The zero-order valence-corrected chi connectivity index (χ0v) is 16.0. The zero-order chi connectivity index (χ0) is 20.1. The molecule has 3 radical (unpaired) electrons. The molecule has 0 amide bonds. The van der Waals surface area contributed by atoms with Crippen molar-refractivity contribution in [1.29, 1.82) is 0 Å². The average molecular weight is 393 g/mol. The molecule has 0 aliphatic heterocycles. The van der Waals surface area contributed by atoms with Crippen molar-refractivity contribution in [2.24, 2.45) is 0 Å². The van der Waals surface area contributed by atoms with Crippen molar-refractivity contribution in [3.8, 4) is 0 Å². The summed E-state index contributed by atoms with van der Waals surface area (Å²) in [5.41, 5.74) is 0.993. The molecule has 0 saturated heterocycles. The van der Waals surface area contributed by atoms with Crippen molar-refractivity contribution in [1.82, 2.24) is 0 Å². The van der Waals surface area contributed by atoms with Crippen molar-refractivity contribution in [3.05, 3.63) is 108 Å². The van der Waals surface area contributed by atoms with Crippen LogP contribution in [0.5, 0.6) is 0 Å². The van der Waals surface area contributed by atoms with Crippen LogP contribution in [0.25, 0.3) is 0 Å². The second kappa shape index (κ2) is 13.8. The third-order valence-corrected chi connectivity index (χ3v) is 3.06. The molecule has 0 atom stereocenters. The molecule has 141 valence electrons. The van der Waals surface area contributed by atoms with E-state index in [1.54, 1.807) is 91.0 Å². The number of rotatable bonds is 3. The van der Waals surface area contributed by atoms with Gasteiger partial charge in [0.2, 0.25) is 0 Å². The van der Waals surface area contributed by atoms with E-state index < -0.39 is 17.9 Å². The van der Waals surface area contributed by atoms with Gasteiger partial charge in [0.25, 0.3) is 0 Å². The summed E-state index contributed by atoms with van der Waals surface area (Å²) in [5, 5.41) is 25.2. The van der Waals surface area contributed by atoms with Gasteiger partial charge in [-0.1, -0.05) is 54.6 Å². The molecule has 3 aromatic rings. The summed E-state index contributed by atoms with van der Waals surface area (Å²) in [6.07, 6.45) is 0. The predicted octanol–water partition coefficient (Wildman–Crippen LogP) is 3.77. The highest BCUT2D eigenvalue weighted by molar-refractivity contribution is 5.88. The van der Waals surface area contributed by atoms with Crippen LogP contribution in [0.3, 0.4) is 0 Å². The molecular weight excluding hydrogens is 375 g/mol. The Morgan fingerprint density at radius 1 is 0.429 bits per heavy atom. The quantitative estimate of drug-likeness (QED) is 0.584. The maximum Gasteiger partial charge on any atom is 0.335 e. The Labute approximate surface area is 172 Å². The standard InChI is InChI=1S/3C7H6O2.Al/c3*8-7(9)6-4-2-1-3-5-6;/h3*1-5H,(H,8,9);. The van der Waals surface area contributed by atoms with Crippen molar-refractivity contribution >= 4 is 35.3 Å². The number of carboxylic acids is 3. The summed E-state index contributed by atoms with van der Waals surface area (Å²) in [6, 6.07) is 24.9. The van der Waals surface area contributed by atoms with Crippen molar-refractivity contribution in [2.75, 3.05) is 0 Å². The van der Waals surface area contributed by atoms with Gasteiger partial charge in [-0.2, -0.15) is 0 Å². The number of carbonyl (C=O) groups is 3. The minimum Gasteiger partial charge on any atom is -0.478 e. The molecule has 3 aromatic carbocycles. The SMILES string of the molecule is O=C(O)c1ccccc1.O=C(O)c1ccccc1.O=C(O)c1ccccc1.[Al]. The lowest BCUT2D eigenvalue weighted by Gasteiger charge is -1.88. The van der Waals surface area contributed by atoms with Crippen LogP contribution >= 0.6 is 0 Å². The Morgan fingerprint density at radius 2 is 0.607 bits per heavy atom. The first-order valence-electron chi connectivity index (χ1n) is 7.77. The molecule has 0 spiro atoms. The highest BCUT2D eigenvalue weighted by Gasteiger charge is 1.98. The van der Waals surface area contributed by atoms with E-state index in [1.807, 2.05) is 0 Å². The van der Waals surface area contributed by atoms with Crippen molar-refractivity contribution in [2.45, 2.75) is 0 Å². The number of aromatic carboxylic acids is 3. The predicted molar refractivity (Wildman–Crippen MR) is 106 cm³/mol. The number of hydrogen-bond donors (Lipinski definition) is 3. The van der Waals surface area contributed by atoms with Crippen molar-refractivity contribution in [3.63, 3.8) is 0 Å². The van der Waals surface area contributed by atoms with E-state index >= 15 is 0 Å². The van der Waals surface area contributed by atoms with Gasteiger partial charge in [-0.3, -0.25) is 0 Å². The van der Waals surface area contributed by atoms with Gasteiger partial charge in [-0.15, -0.1) is 0 Å². The number of hydrogen-bond acceptors (Lipinski definition) is 3. The fraction of sp³-hybridized carbons (Fsp3) is 0. The van der Waals surface area contributed by atoms with Gasteiger partial charge in [0, 0.05) is 17.4 Å². The maximum atomic E-state index is 10.2. The largest absolute Gasteiger partial charge is 0.478 e. The second-order valence-electron chi connectivity index (χ2n) is 5.01. The van der Waals surface area contributed by atoms with E-state index in [2.05, 4.69) is 0 Å². The van der Waals surface area contributed by atoms with E-state index in [0.717, 1.165) is 0 Å². The minimum absolute atomic E-state index is 0. The van der Waals surface area contributed by atoms with Gasteiger partial charge in [-0.25, -0.2) is 14.4 Å². The molecule has 28 heavy (non-hydrogen) atoms. The summed E-state index contributed by atoms with van der Waals surface area (Å²) in [5.74, 6) is -2.64. The number of benzene rings is 3. The molecule has 3 rings (SSSR count). The van der Waals surface area contributed by atoms with Crippen LogP contribution in [-0.4, -0.2) is 50.6 Å². The Morgan fingerprint density at radius 3 is 0.714 bits per heavy atom. The lowest BCUT2D eigenvalue weighted by atomic mass is 10.2. The van der Waals surface area contributed by atoms with Crippen LogP contribution in [0, 0.1) is 0 Å². The Hall–Kier alpha value is -3.40. The van der Waals surface area contributed by atoms with E-state index in [0.29, 0.717) is 16.7 Å². The first-order valence-corrected chi connectivity index (χ1v) is 7.77. The Bertz CT molecular complexity index is 734. The van der Waals surface area contributed by atoms with Crippen LogP contribution < -0.4 is 0 Å². The molecule has 0 saturated carbocycles. The molecule has 0 fully saturated rings. The van der Waals surface area contributed by atoms with Crippen LogP contribution in [0.2, 0.25) is 0 Å². The Kier molecular flexibility index (Phi) is 12.1. The summed E-state index contributed by atoms with van der Waals surface area (Å²) in [7, 11) is 0. The normalized spacial score (nSPS) is 8.57. The molecule has 7 heteroatoms. The van der Waals surface area contributed by atoms with Gasteiger partial charge < -0.3 is 15.3 Å². The highest BCUT2D eigenvalue weighted by Crippen LogP contribution is 1.97. The van der Waals surface area contributed by atoms with Gasteiger partial charge >= 0.3 is 17.9 Å². The molecule has 0 bridgehead atoms. The molecule has 3 N–H and O–H groups in total. The summed E-state index contributed by atoms with van der Waals surface area (Å²) in [4.78, 5) is 30.6. The van der Waals surface area contributed by atoms with Gasteiger partial charge in [0.05, 0.1) is 16.7 Å². The maximum absolute atomic E-state index is 10.2. The van der Waals surface area contributed by atoms with E-state index in [1.165, 1.54) is 0 Å². The fourth-order valence-corrected chi connectivity index (χ4v) is 1.74. The highest BCUT2D eigenvalue weighted by atomic mass is 27.0. The first kappa shape index (κ1) is 24.6. The van der Waals surface area contributed by atoms with Crippen LogP contribution in [-0.2, 0) is 0 Å².